The molecule has 1 rings (SSSR count). The van der Waals surface area contributed by atoms with Gasteiger partial charge in [-0.2, -0.15) is 5.10 Å². The van der Waals surface area contributed by atoms with Crippen molar-refractivity contribution in [2.24, 2.45) is 5.10 Å². The van der Waals surface area contributed by atoms with Crippen LogP contribution in [0.2, 0.25) is 0 Å². The summed E-state index contributed by atoms with van der Waals surface area (Å²) in [5.41, 5.74) is 4.39. The van der Waals surface area contributed by atoms with Gasteiger partial charge < -0.3 is 5.11 Å². The van der Waals surface area contributed by atoms with Gasteiger partial charge >= 0.3 is 0 Å². The van der Waals surface area contributed by atoms with Crippen molar-refractivity contribution in [2.75, 3.05) is 19.1 Å². The molecule has 0 amide bonds. The summed E-state index contributed by atoms with van der Waals surface area (Å²) in [5.74, 6) is -0.0335. The first kappa shape index (κ1) is 16.6. The van der Waals surface area contributed by atoms with E-state index in [0.29, 0.717) is 0 Å². The Labute approximate surface area is 120 Å². The second-order valence-corrected chi connectivity index (χ2v) is 6.23. The van der Waals surface area contributed by atoms with E-state index in [2.05, 4.69) is 15.2 Å². The summed E-state index contributed by atoms with van der Waals surface area (Å²) in [6.07, 6.45) is 4.25. The summed E-state index contributed by atoms with van der Waals surface area (Å²) in [6, 6.07) is 7.06. The summed E-state index contributed by atoms with van der Waals surface area (Å²) < 4.78 is 25.0. The van der Waals surface area contributed by atoms with Crippen molar-refractivity contribution in [3.63, 3.8) is 0 Å². The molecule has 0 saturated heterocycles. The van der Waals surface area contributed by atoms with Crippen molar-refractivity contribution in [3.8, 4) is 0 Å². The van der Waals surface area contributed by atoms with E-state index in [9.17, 15) is 8.42 Å². The topological polar surface area (TPSA) is 90.8 Å². The Morgan fingerprint density at radius 2 is 1.95 bits per heavy atom. The summed E-state index contributed by atoms with van der Waals surface area (Å²) in [6.45, 7) is 0.207. The predicted octanol–water partition coefficient (Wildman–Crippen LogP) is 1.30. The first-order chi connectivity index (χ1) is 9.57. The number of hydrazone groups is 1. The number of aliphatic hydroxyl groups is 1. The van der Waals surface area contributed by atoms with Gasteiger partial charge in [-0.15, -0.1) is 0 Å². The molecule has 6 nitrogen and oxygen atoms in total. The van der Waals surface area contributed by atoms with Crippen molar-refractivity contribution < 1.29 is 13.5 Å². The lowest BCUT2D eigenvalue weighted by atomic mass is 10.2. The molecule has 1 aromatic rings. The Bertz CT molecular complexity index is 512. The fourth-order valence-corrected chi connectivity index (χ4v) is 2.27. The molecule has 0 spiro atoms. The van der Waals surface area contributed by atoms with E-state index in [1.54, 1.807) is 30.5 Å². The van der Waals surface area contributed by atoms with Crippen LogP contribution in [0.25, 0.3) is 0 Å². The Hall–Kier alpha value is -1.44. The summed E-state index contributed by atoms with van der Waals surface area (Å²) in [7, 11) is -1.84. The van der Waals surface area contributed by atoms with Crippen LogP contribution >= 0.6 is 0 Å². The molecule has 7 heteroatoms. The highest BCUT2D eigenvalue weighted by Crippen LogP contribution is 2.11. The number of aliphatic hydroxyl groups excluding tert-OH is 1. The first-order valence-corrected chi connectivity index (χ1v) is 8.11. The fraction of sp³-hybridized carbons (Fsp3) is 0.462. The van der Waals surface area contributed by atoms with E-state index in [1.165, 1.54) is 7.05 Å². The van der Waals surface area contributed by atoms with Gasteiger partial charge in [0.2, 0.25) is 10.0 Å². The Balaban J connectivity index is 2.43. The minimum atomic E-state index is -3.24. The number of hydrogen-bond acceptors (Lipinski definition) is 5. The second kappa shape index (κ2) is 8.68. The standard InChI is InChI=1S/C13H21N3O3S/c1-14-20(18,19)11-12-5-7-13(8-6-12)16-15-9-3-2-4-10-17/h5-9,14,16-17H,2-4,10-11H2,1H3. The molecule has 20 heavy (non-hydrogen) atoms. The molecule has 0 radical (unpaired) electrons. The monoisotopic (exact) mass is 299 g/mol. The number of nitrogens with one attached hydrogen (secondary N) is 2. The van der Waals surface area contributed by atoms with E-state index < -0.39 is 10.0 Å². The van der Waals surface area contributed by atoms with Crippen molar-refractivity contribution in [2.45, 2.75) is 25.0 Å². The van der Waals surface area contributed by atoms with Crippen LogP contribution in [0.1, 0.15) is 24.8 Å². The van der Waals surface area contributed by atoms with Gasteiger partial charge in [0.25, 0.3) is 0 Å². The number of sulfonamides is 1. The maximum atomic E-state index is 11.4. The number of anilines is 1. The lowest BCUT2D eigenvalue weighted by molar-refractivity contribution is 0.286. The molecule has 1 aromatic carbocycles. The number of nitrogens with zero attached hydrogens (tertiary/aromatic N) is 1. The smallest absolute Gasteiger partial charge is 0.215 e. The van der Waals surface area contributed by atoms with Crippen LogP contribution in [0.15, 0.2) is 29.4 Å². The lowest BCUT2D eigenvalue weighted by Crippen LogP contribution is -2.20. The van der Waals surface area contributed by atoms with Gasteiger partial charge in [0, 0.05) is 12.8 Å². The Kier molecular flexibility index (Phi) is 7.21. The van der Waals surface area contributed by atoms with Crippen LogP contribution in [0, 0.1) is 0 Å². The molecule has 0 fully saturated rings. The van der Waals surface area contributed by atoms with Crippen LogP contribution < -0.4 is 10.1 Å². The van der Waals surface area contributed by atoms with E-state index >= 15 is 0 Å². The lowest BCUT2D eigenvalue weighted by Gasteiger charge is -2.04. The Morgan fingerprint density at radius 1 is 1.25 bits per heavy atom. The number of benzene rings is 1. The van der Waals surface area contributed by atoms with E-state index in [1.807, 2.05) is 0 Å². The normalized spacial score (nSPS) is 11.9. The van der Waals surface area contributed by atoms with E-state index in [0.717, 1.165) is 30.5 Å². The zero-order valence-corrected chi connectivity index (χ0v) is 12.4. The SMILES string of the molecule is CNS(=O)(=O)Cc1ccc(NN=CCCCCO)cc1. The van der Waals surface area contributed by atoms with Gasteiger partial charge in [-0.3, -0.25) is 5.43 Å². The predicted molar refractivity (Wildman–Crippen MR) is 81.2 cm³/mol. The van der Waals surface area contributed by atoms with Gasteiger partial charge in [-0.05, 0) is 44.0 Å². The average molecular weight is 299 g/mol. The van der Waals surface area contributed by atoms with Crippen molar-refractivity contribution in [1.82, 2.24) is 4.72 Å². The average Bonchev–Trinajstić information content (AvgIpc) is 2.44. The maximum Gasteiger partial charge on any atom is 0.215 e. The summed E-state index contributed by atoms with van der Waals surface area (Å²) in [5, 5.41) is 12.7. The molecule has 0 saturated carbocycles. The van der Waals surface area contributed by atoms with Crippen LogP contribution in [0.5, 0.6) is 0 Å². The third-order valence-electron chi connectivity index (χ3n) is 2.65. The molecule has 0 aliphatic carbocycles. The highest BCUT2D eigenvalue weighted by molar-refractivity contribution is 7.88. The molecule has 0 atom stereocenters. The van der Waals surface area contributed by atoms with Gasteiger partial charge in [0.1, 0.15) is 0 Å². The summed E-state index contributed by atoms with van der Waals surface area (Å²) in [4.78, 5) is 0. The third kappa shape index (κ3) is 6.65. The van der Waals surface area contributed by atoms with Crippen LogP contribution in [0.4, 0.5) is 5.69 Å². The zero-order chi connectivity index (χ0) is 14.8. The van der Waals surface area contributed by atoms with Crippen LogP contribution in [-0.2, 0) is 15.8 Å². The fourth-order valence-electron chi connectivity index (χ4n) is 1.50. The van der Waals surface area contributed by atoms with Gasteiger partial charge in [-0.1, -0.05) is 12.1 Å². The van der Waals surface area contributed by atoms with Crippen molar-refractivity contribution in [1.29, 1.82) is 0 Å². The molecule has 0 aromatic heterocycles. The second-order valence-electron chi connectivity index (χ2n) is 4.30. The molecule has 0 aliphatic rings. The molecule has 0 aliphatic heterocycles. The molecule has 112 valence electrons. The minimum Gasteiger partial charge on any atom is -0.396 e. The first-order valence-electron chi connectivity index (χ1n) is 6.46. The van der Waals surface area contributed by atoms with Crippen LogP contribution in [0.3, 0.4) is 0 Å². The van der Waals surface area contributed by atoms with Gasteiger partial charge in [0.15, 0.2) is 0 Å². The number of rotatable bonds is 9. The van der Waals surface area contributed by atoms with Gasteiger partial charge in [-0.25, -0.2) is 13.1 Å². The largest absolute Gasteiger partial charge is 0.396 e. The number of hydrogen-bond donors (Lipinski definition) is 3. The highest BCUT2D eigenvalue weighted by Gasteiger charge is 2.07. The molecule has 0 bridgehead atoms. The molecule has 3 N–H and O–H groups in total. The van der Waals surface area contributed by atoms with Crippen LogP contribution in [-0.4, -0.2) is 33.4 Å². The zero-order valence-electron chi connectivity index (χ0n) is 11.5. The highest BCUT2D eigenvalue weighted by atomic mass is 32.2. The maximum absolute atomic E-state index is 11.4. The molecular weight excluding hydrogens is 278 g/mol. The molecule has 0 unspecified atom stereocenters. The summed E-state index contributed by atoms with van der Waals surface area (Å²) >= 11 is 0. The quantitative estimate of drug-likeness (QED) is 0.364. The van der Waals surface area contributed by atoms with Gasteiger partial charge in [0.05, 0.1) is 11.4 Å². The minimum absolute atomic E-state index is 0.0335. The molecule has 0 heterocycles. The Morgan fingerprint density at radius 3 is 2.55 bits per heavy atom. The van der Waals surface area contributed by atoms with E-state index in [-0.39, 0.29) is 12.4 Å². The van der Waals surface area contributed by atoms with Crippen molar-refractivity contribution in [3.05, 3.63) is 29.8 Å². The van der Waals surface area contributed by atoms with Crippen molar-refractivity contribution >= 4 is 21.9 Å². The number of unbranched alkanes of at least 4 members (excludes halogenated alkanes) is 2. The van der Waals surface area contributed by atoms with E-state index in [4.69, 9.17) is 5.11 Å². The third-order valence-corrected chi connectivity index (χ3v) is 3.98. The molecular formula is C13H21N3O3S.